The first-order valence-electron chi connectivity index (χ1n) is 8.50. The molecule has 4 heterocycles. The van der Waals surface area contributed by atoms with E-state index in [4.69, 9.17) is 4.98 Å². The first-order chi connectivity index (χ1) is 13.3. The number of nitrogens with one attached hydrogen (secondary N) is 1. The molecular formula is C20H15N7. The second-order valence-electron chi connectivity index (χ2n) is 6.19. The molecule has 0 saturated heterocycles. The van der Waals surface area contributed by atoms with E-state index in [-0.39, 0.29) is 0 Å². The molecule has 0 radical (unpaired) electrons. The van der Waals surface area contributed by atoms with Crippen LogP contribution >= 0.6 is 0 Å². The lowest BCUT2D eigenvalue weighted by atomic mass is 10.1. The van der Waals surface area contributed by atoms with Gasteiger partial charge < -0.3 is 4.98 Å². The van der Waals surface area contributed by atoms with Crippen LogP contribution < -0.4 is 0 Å². The predicted molar refractivity (Wildman–Crippen MR) is 103 cm³/mol. The van der Waals surface area contributed by atoms with E-state index in [9.17, 15) is 0 Å². The van der Waals surface area contributed by atoms with Gasteiger partial charge >= 0.3 is 0 Å². The summed E-state index contributed by atoms with van der Waals surface area (Å²) in [5.74, 6) is 0.617. The van der Waals surface area contributed by atoms with Crippen LogP contribution in [0.4, 0.5) is 0 Å². The van der Waals surface area contributed by atoms with Crippen molar-refractivity contribution in [2.45, 2.75) is 0 Å². The Kier molecular flexibility index (Phi) is 3.50. The average molecular weight is 353 g/mol. The van der Waals surface area contributed by atoms with Gasteiger partial charge in [-0.05, 0) is 24.3 Å². The number of rotatable bonds is 3. The van der Waals surface area contributed by atoms with Gasteiger partial charge in [-0.25, -0.2) is 15.0 Å². The zero-order valence-electron chi connectivity index (χ0n) is 14.5. The van der Waals surface area contributed by atoms with Gasteiger partial charge in [-0.15, -0.1) is 0 Å². The van der Waals surface area contributed by atoms with Crippen molar-refractivity contribution < 1.29 is 0 Å². The van der Waals surface area contributed by atoms with Crippen LogP contribution in [-0.2, 0) is 7.05 Å². The Morgan fingerprint density at radius 3 is 2.67 bits per heavy atom. The van der Waals surface area contributed by atoms with Crippen LogP contribution in [0.3, 0.4) is 0 Å². The average Bonchev–Trinajstić information content (AvgIpc) is 3.37. The van der Waals surface area contributed by atoms with Gasteiger partial charge in [0.2, 0.25) is 0 Å². The van der Waals surface area contributed by atoms with Gasteiger partial charge in [0.1, 0.15) is 11.2 Å². The molecular weight excluding hydrogens is 338 g/mol. The molecule has 0 fully saturated rings. The minimum atomic E-state index is 0.617. The molecule has 0 unspecified atom stereocenters. The maximum Gasteiger partial charge on any atom is 0.181 e. The topological polar surface area (TPSA) is 85.2 Å². The molecule has 5 rings (SSSR count). The molecule has 1 aromatic carbocycles. The van der Waals surface area contributed by atoms with Crippen LogP contribution in [0.1, 0.15) is 0 Å². The Hall–Kier alpha value is -3.87. The minimum absolute atomic E-state index is 0.617. The number of imidazole rings is 1. The molecule has 0 atom stereocenters. The van der Waals surface area contributed by atoms with Crippen LogP contribution in [0, 0.1) is 0 Å². The van der Waals surface area contributed by atoms with Crippen molar-refractivity contribution in [2.24, 2.45) is 7.05 Å². The summed E-state index contributed by atoms with van der Waals surface area (Å²) in [6.07, 6.45) is 7.09. The third kappa shape index (κ3) is 2.75. The van der Waals surface area contributed by atoms with Gasteiger partial charge in [0.25, 0.3) is 0 Å². The molecule has 0 bridgehead atoms. The Labute approximate surface area is 154 Å². The largest absolute Gasteiger partial charge is 0.341 e. The first kappa shape index (κ1) is 15.4. The van der Waals surface area contributed by atoms with Crippen LogP contribution in [0.15, 0.2) is 67.4 Å². The molecule has 5 aromatic rings. The smallest absolute Gasteiger partial charge is 0.181 e. The number of hydrogen-bond acceptors (Lipinski definition) is 5. The van der Waals surface area contributed by atoms with E-state index in [0.29, 0.717) is 11.5 Å². The van der Waals surface area contributed by atoms with Crippen molar-refractivity contribution in [1.29, 1.82) is 0 Å². The maximum atomic E-state index is 4.81. The van der Waals surface area contributed by atoms with Gasteiger partial charge in [-0.2, -0.15) is 5.10 Å². The molecule has 0 aliphatic carbocycles. The fraction of sp³-hybridized carbons (Fsp3) is 0.0500. The Balaban J connectivity index is 1.68. The summed E-state index contributed by atoms with van der Waals surface area (Å²) in [6, 6.07) is 13.9. The van der Waals surface area contributed by atoms with E-state index < -0.39 is 0 Å². The van der Waals surface area contributed by atoms with Gasteiger partial charge in [0, 0.05) is 42.3 Å². The van der Waals surface area contributed by atoms with Crippen LogP contribution in [-0.4, -0.2) is 34.7 Å². The lowest BCUT2D eigenvalue weighted by Gasteiger charge is -2.07. The van der Waals surface area contributed by atoms with Crippen LogP contribution in [0.25, 0.3) is 45.1 Å². The van der Waals surface area contributed by atoms with Crippen molar-refractivity contribution >= 4 is 11.2 Å². The van der Waals surface area contributed by atoms with E-state index in [0.717, 1.165) is 33.6 Å². The maximum absolute atomic E-state index is 4.81. The number of benzene rings is 1. The van der Waals surface area contributed by atoms with Crippen molar-refractivity contribution in [3.8, 4) is 33.9 Å². The Bertz CT molecular complexity index is 1240. The molecule has 0 spiro atoms. The summed E-state index contributed by atoms with van der Waals surface area (Å²) in [4.78, 5) is 21.1. The molecule has 7 nitrogen and oxygen atoms in total. The fourth-order valence-corrected chi connectivity index (χ4v) is 3.06. The van der Waals surface area contributed by atoms with E-state index in [2.05, 4.69) is 25.0 Å². The molecule has 0 aliphatic rings. The second-order valence-corrected chi connectivity index (χ2v) is 6.19. The van der Waals surface area contributed by atoms with Crippen molar-refractivity contribution in [2.75, 3.05) is 0 Å². The number of nitrogens with zero attached hydrogens (tertiary/aromatic N) is 6. The van der Waals surface area contributed by atoms with Crippen LogP contribution in [0.2, 0.25) is 0 Å². The quantitative estimate of drug-likeness (QED) is 0.537. The summed E-state index contributed by atoms with van der Waals surface area (Å²) >= 11 is 0. The SMILES string of the molecule is Cn1ccc(-c2cccc(-c3nc(-c4cccnc4)c4[nH]cnc4n3)c2)n1. The van der Waals surface area contributed by atoms with E-state index >= 15 is 0 Å². The minimum Gasteiger partial charge on any atom is -0.341 e. The first-order valence-corrected chi connectivity index (χ1v) is 8.50. The van der Waals surface area contributed by atoms with Crippen molar-refractivity contribution in [1.82, 2.24) is 34.7 Å². The van der Waals surface area contributed by atoms with Gasteiger partial charge in [-0.3, -0.25) is 9.67 Å². The molecule has 1 N–H and O–H groups in total. The lowest BCUT2D eigenvalue weighted by Crippen LogP contribution is -1.95. The van der Waals surface area contributed by atoms with Crippen LogP contribution in [0.5, 0.6) is 0 Å². The third-order valence-electron chi connectivity index (χ3n) is 4.35. The Morgan fingerprint density at radius 1 is 0.963 bits per heavy atom. The van der Waals surface area contributed by atoms with E-state index in [1.807, 2.05) is 55.7 Å². The fourth-order valence-electron chi connectivity index (χ4n) is 3.06. The zero-order chi connectivity index (χ0) is 18.2. The van der Waals surface area contributed by atoms with Crippen molar-refractivity contribution in [3.05, 3.63) is 67.4 Å². The number of aromatic amines is 1. The third-order valence-corrected chi connectivity index (χ3v) is 4.35. The highest BCUT2D eigenvalue weighted by Gasteiger charge is 2.14. The summed E-state index contributed by atoms with van der Waals surface area (Å²) in [5, 5.41) is 4.47. The highest BCUT2D eigenvalue weighted by molar-refractivity contribution is 5.88. The predicted octanol–water partition coefficient (Wildman–Crippen LogP) is 3.48. The summed E-state index contributed by atoms with van der Waals surface area (Å²) in [6.45, 7) is 0. The second kappa shape index (κ2) is 6.14. The number of H-pyrrole nitrogens is 1. The highest BCUT2D eigenvalue weighted by atomic mass is 15.2. The number of aromatic nitrogens is 7. The summed E-state index contributed by atoms with van der Waals surface area (Å²) < 4.78 is 1.79. The zero-order valence-corrected chi connectivity index (χ0v) is 14.5. The molecule has 0 aliphatic heterocycles. The van der Waals surface area contributed by atoms with Crippen molar-refractivity contribution in [3.63, 3.8) is 0 Å². The molecule has 27 heavy (non-hydrogen) atoms. The molecule has 7 heteroatoms. The molecule has 0 saturated carbocycles. The molecule has 130 valence electrons. The number of pyridine rings is 1. The monoisotopic (exact) mass is 353 g/mol. The van der Waals surface area contributed by atoms with E-state index in [1.165, 1.54) is 0 Å². The van der Waals surface area contributed by atoms with Gasteiger partial charge in [-0.1, -0.05) is 18.2 Å². The Morgan fingerprint density at radius 2 is 1.85 bits per heavy atom. The van der Waals surface area contributed by atoms with E-state index in [1.54, 1.807) is 23.4 Å². The molecule has 0 amide bonds. The lowest BCUT2D eigenvalue weighted by molar-refractivity contribution is 0.771. The summed E-state index contributed by atoms with van der Waals surface area (Å²) in [5.41, 5.74) is 5.96. The molecule has 4 aromatic heterocycles. The number of hydrogen-bond donors (Lipinski definition) is 1. The standard InChI is InChI=1S/C20H15N7/c1-27-9-7-16(26-27)13-4-2-5-14(10-13)19-24-17(15-6-3-8-21-11-15)18-20(25-19)23-12-22-18/h2-12H,1H3,(H,22,23,24,25). The number of aryl methyl sites for hydroxylation is 1. The van der Waals surface area contributed by atoms with Gasteiger partial charge in [0.15, 0.2) is 11.5 Å². The number of fused-ring (bicyclic) bond motifs is 1. The van der Waals surface area contributed by atoms with Gasteiger partial charge in [0.05, 0.1) is 12.0 Å². The normalized spacial score (nSPS) is 11.1. The summed E-state index contributed by atoms with van der Waals surface area (Å²) in [7, 11) is 1.90. The highest BCUT2D eigenvalue weighted by Crippen LogP contribution is 2.28.